The van der Waals surface area contributed by atoms with Crippen molar-refractivity contribution in [1.29, 1.82) is 0 Å². The lowest BCUT2D eigenvalue weighted by atomic mass is 9.86. The van der Waals surface area contributed by atoms with Gasteiger partial charge in [0.25, 0.3) is 0 Å². The van der Waals surface area contributed by atoms with Gasteiger partial charge in [-0.3, -0.25) is 4.79 Å². The van der Waals surface area contributed by atoms with Gasteiger partial charge < -0.3 is 4.74 Å². The molecule has 0 aliphatic heterocycles. The Balaban J connectivity index is 2.55. The molecule has 0 spiro atoms. The lowest BCUT2D eigenvalue weighted by molar-refractivity contribution is -0.147. The lowest BCUT2D eigenvalue weighted by Gasteiger charge is -2.27. The van der Waals surface area contributed by atoms with Gasteiger partial charge in [-0.1, -0.05) is 19.1 Å². The summed E-state index contributed by atoms with van der Waals surface area (Å²) in [7, 11) is 0. The average Bonchev–Trinajstić information content (AvgIpc) is 2.23. The maximum Gasteiger partial charge on any atom is 0.306 e. The van der Waals surface area contributed by atoms with E-state index >= 15 is 0 Å². The zero-order valence-corrected chi connectivity index (χ0v) is 9.66. The van der Waals surface area contributed by atoms with Crippen LogP contribution in [0.2, 0.25) is 0 Å². The third-order valence-electron chi connectivity index (χ3n) is 2.89. The monoisotopic (exact) mass is 208 g/mol. The Kier molecular flexibility index (Phi) is 4.60. The van der Waals surface area contributed by atoms with Crippen LogP contribution < -0.4 is 0 Å². The van der Waals surface area contributed by atoms with E-state index in [1.54, 1.807) is 0 Å². The van der Waals surface area contributed by atoms with Gasteiger partial charge in [0.15, 0.2) is 0 Å². The van der Waals surface area contributed by atoms with Crippen molar-refractivity contribution in [3.63, 3.8) is 0 Å². The smallest absolute Gasteiger partial charge is 0.306 e. The Morgan fingerprint density at radius 1 is 1.73 bits per heavy atom. The largest absolute Gasteiger partial charge is 0.458 e. The molecule has 0 saturated heterocycles. The molecular formula is C13H20O2. The van der Waals surface area contributed by atoms with Crippen LogP contribution in [0.15, 0.2) is 24.3 Å². The molecule has 1 rings (SSSR count). The number of allylic oxidation sites excluding steroid dienone is 2. The minimum absolute atomic E-state index is 0.00356. The molecule has 0 heterocycles. The molecule has 0 aromatic rings. The van der Waals surface area contributed by atoms with Gasteiger partial charge >= 0.3 is 5.97 Å². The summed E-state index contributed by atoms with van der Waals surface area (Å²) < 4.78 is 5.39. The first-order valence-corrected chi connectivity index (χ1v) is 5.64. The molecule has 1 aliphatic rings. The molecule has 0 saturated carbocycles. The van der Waals surface area contributed by atoms with Crippen molar-refractivity contribution in [1.82, 2.24) is 0 Å². The van der Waals surface area contributed by atoms with E-state index in [4.69, 9.17) is 4.74 Å². The third-order valence-corrected chi connectivity index (χ3v) is 2.89. The molecule has 2 nitrogen and oxygen atoms in total. The highest BCUT2D eigenvalue weighted by Gasteiger charge is 2.23. The molecule has 0 bridgehead atoms. The maximum atomic E-state index is 11.2. The van der Waals surface area contributed by atoms with Crippen molar-refractivity contribution in [3.8, 4) is 0 Å². The molecule has 0 aromatic heterocycles. The van der Waals surface area contributed by atoms with Crippen LogP contribution in [0.25, 0.3) is 0 Å². The molecule has 0 radical (unpaired) electrons. The zero-order chi connectivity index (χ0) is 11.3. The second-order valence-electron chi connectivity index (χ2n) is 4.14. The summed E-state index contributed by atoms with van der Waals surface area (Å²) in [5.41, 5.74) is 1.19. The molecular weight excluding hydrogens is 188 g/mol. The van der Waals surface area contributed by atoms with Gasteiger partial charge in [-0.15, -0.1) is 6.58 Å². The minimum atomic E-state index is -0.105. The predicted molar refractivity (Wildman–Crippen MR) is 61.5 cm³/mol. The number of hydrogen-bond donors (Lipinski definition) is 0. The SMILES string of the molecule is C=CCC1CC=C(C)C(OC(=O)CC)C1. The van der Waals surface area contributed by atoms with E-state index in [1.807, 2.05) is 19.9 Å². The van der Waals surface area contributed by atoms with Crippen molar-refractivity contribution in [3.05, 3.63) is 24.3 Å². The van der Waals surface area contributed by atoms with Crippen molar-refractivity contribution >= 4 is 5.97 Å². The lowest BCUT2D eigenvalue weighted by Crippen LogP contribution is -2.25. The first-order chi connectivity index (χ1) is 7.17. The van der Waals surface area contributed by atoms with Crippen LogP contribution >= 0.6 is 0 Å². The van der Waals surface area contributed by atoms with Gasteiger partial charge in [-0.05, 0) is 37.7 Å². The van der Waals surface area contributed by atoms with E-state index in [2.05, 4.69) is 12.7 Å². The standard InChI is InChI=1S/C13H20O2/c1-4-6-11-8-7-10(3)12(9-11)15-13(14)5-2/h4,7,11-12H,1,5-6,8-9H2,2-3H3. The van der Waals surface area contributed by atoms with E-state index in [-0.39, 0.29) is 12.1 Å². The van der Waals surface area contributed by atoms with Crippen molar-refractivity contribution in [2.45, 2.75) is 45.6 Å². The van der Waals surface area contributed by atoms with Gasteiger partial charge in [0.1, 0.15) is 6.10 Å². The molecule has 0 N–H and O–H groups in total. The highest BCUT2D eigenvalue weighted by molar-refractivity contribution is 5.69. The second-order valence-corrected chi connectivity index (χ2v) is 4.14. The van der Waals surface area contributed by atoms with E-state index in [0.717, 1.165) is 19.3 Å². The predicted octanol–water partition coefficient (Wildman–Crippen LogP) is 3.24. The van der Waals surface area contributed by atoms with Crippen LogP contribution in [0.3, 0.4) is 0 Å². The molecule has 2 atom stereocenters. The van der Waals surface area contributed by atoms with E-state index in [9.17, 15) is 4.79 Å². The average molecular weight is 208 g/mol. The molecule has 2 heteroatoms. The fraction of sp³-hybridized carbons (Fsp3) is 0.615. The molecule has 0 fully saturated rings. The van der Waals surface area contributed by atoms with Crippen molar-refractivity contribution < 1.29 is 9.53 Å². The van der Waals surface area contributed by atoms with Crippen molar-refractivity contribution in [2.24, 2.45) is 5.92 Å². The Labute approximate surface area is 92.0 Å². The van der Waals surface area contributed by atoms with Crippen molar-refractivity contribution in [2.75, 3.05) is 0 Å². The number of esters is 1. The van der Waals surface area contributed by atoms with Crippen LogP contribution in [0, 0.1) is 5.92 Å². The fourth-order valence-corrected chi connectivity index (χ4v) is 1.88. The Hall–Kier alpha value is -1.05. The molecule has 15 heavy (non-hydrogen) atoms. The maximum absolute atomic E-state index is 11.2. The van der Waals surface area contributed by atoms with Crippen LogP contribution in [0.4, 0.5) is 0 Å². The van der Waals surface area contributed by atoms with Crippen LogP contribution in [-0.4, -0.2) is 12.1 Å². The van der Waals surface area contributed by atoms with E-state index < -0.39 is 0 Å². The van der Waals surface area contributed by atoms with E-state index in [1.165, 1.54) is 5.57 Å². The van der Waals surface area contributed by atoms with Crippen LogP contribution in [0.1, 0.15) is 39.5 Å². The summed E-state index contributed by atoms with van der Waals surface area (Å²) in [6.45, 7) is 7.61. The first-order valence-electron chi connectivity index (χ1n) is 5.64. The quantitative estimate of drug-likeness (QED) is 0.523. The Morgan fingerprint density at radius 2 is 2.47 bits per heavy atom. The molecule has 1 aliphatic carbocycles. The van der Waals surface area contributed by atoms with Gasteiger partial charge in [0, 0.05) is 6.42 Å². The molecule has 2 unspecified atom stereocenters. The normalized spacial score (nSPS) is 25.6. The summed E-state index contributed by atoms with van der Waals surface area (Å²) >= 11 is 0. The summed E-state index contributed by atoms with van der Waals surface area (Å²) in [5, 5.41) is 0. The molecule has 0 aromatic carbocycles. The summed E-state index contributed by atoms with van der Waals surface area (Å²) in [4.78, 5) is 11.2. The topological polar surface area (TPSA) is 26.3 Å². The second kappa shape index (κ2) is 5.74. The van der Waals surface area contributed by atoms with E-state index in [0.29, 0.717) is 12.3 Å². The summed E-state index contributed by atoms with van der Waals surface area (Å²) in [5.74, 6) is 0.479. The van der Waals surface area contributed by atoms with Gasteiger partial charge in [0.05, 0.1) is 0 Å². The minimum Gasteiger partial charge on any atom is -0.458 e. The van der Waals surface area contributed by atoms with Crippen LogP contribution in [-0.2, 0) is 9.53 Å². The third kappa shape index (κ3) is 3.54. The Bertz CT molecular complexity index is 266. The number of carbonyl (C=O) groups is 1. The highest BCUT2D eigenvalue weighted by Crippen LogP contribution is 2.28. The van der Waals surface area contributed by atoms with Gasteiger partial charge in [-0.25, -0.2) is 0 Å². The fourth-order valence-electron chi connectivity index (χ4n) is 1.88. The first kappa shape index (κ1) is 12.0. The summed E-state index contributed by atoms with van der Waals surface area (Å²) in [6, 6.07) is 0. The Morgan fingerprint density at radius 3 is 3.07 bits per heavy atom. The van der Waals surface area contributed by atoms with Gasteiger partial charge in [-0.2, -0.15) is 0 Å². The zero-order valence-electron chi connectivity index (χ0n) is 9.66. The number of rotatable bonds is 4. The number of ether oxygens (including phenoxy) is 1. The van der Waals surface area contributed by atoms with Gasteiger partial charge in [0.2, 0.25) is 0 Å². The number of hydrogen-bond acceptors (Lipinski definition) is 2. The highest BCUT2D eigenvalue weighted by atomic mass is 16.5. The molecule has 84 valence electrons. The number of carbonyl (C=O) groups excluding carboxylic acids is 1. The van der Waals surface area contributed by atoms with Crippen LogP contribution in [0.5, 0.6) is 0 Å². The summed E-state index contributed by atoms with van der Waals surface area (Å²) in [6.07, 6.45) is 7.61. The molecule has 0 amide bonds.